The maximum absolute atomic E-state index is 13.8. The molecule has 10 nitrogen and oxygen atoms in total. The maximum Gasteiger partial charge on any atom is 0.247 e. The van der Waals surface area contributed by atoms with Crippen LogP contribution in [0.4, 0.5) is 0 Å². The SMILES string of the molecule is C=C(CN1CCOCC1)C(=O)NCC1(C2CCOCC2)CC1NC(=O)[C@H](Cc1nc2ccc(C(C)C)cc2s1)NC(=O)CCC. The Hall–Kier alpha value is -2.86. The smallest absolute Gasteiger partial charge is 0.247 e. The fourth-order valence-electron chi connectivity index (χ4n) is 6.64. The summed E-state index contributed by atoms with van der Waals surface area (Å²) in [5.74, 6) is 0.235. The van der Waals surface area contributed by atoms with Crippen molar-refractivity contribution in [3.63, 3.8) is 0 Å². The lowest BCUT2D eigenvalue weighted by atomic mass is 9.82. The molecule has 3 heterocycles. The van der Waals surface area contributed by atoms with Crippen molar-refractivity contribution in [1.82, 2.24) is 25.8 Å². The average molecular weight is 640 g/mol. The number of aromatic nitrogens is 1. The van der Waals surface area contributed by atoms with Crippen molar-refractivity contribution in [2.75, 3.05) is 52.6 Å². The molecule has 0 radical (unpaired) electrons. The van der Waals surface area contributed by atoms with Crippen molar-refractivity contribution in [3.8, 4) is 0 Å². The molecule has 3 atom stereocenters. The second kappa shape index (κ2) is 15.2. The van der Waals surface area contributed by atoms with Gasteiger partial charge < -0.3 is 25.4 Å². The number of hydrogen-bond donors (Lipinski definition) is 3. The monoisotopic (exact) mass is 639 g/mol. The number of carbonyl (C=O) groups is 3. The Bertz CT molecular complexity index is 1370. The van der Waals surface area contributed by atoms with E-state index in [0.717, 1.165) is 47.6 Å². The van der Waals surface area contributed by atoms with Gasteiger partial charge in [-0.1, -0.05) is 33.4 Å². The molecular formula is C34H49N5O5S. The van der Waals surface area contributed by atoms with Gasteiger partial charge in [-0.2, -0.15) is 0 Å². The first kappa shape index (κ1) is 33.5. The van der Waals surface area contributed by atoms with Crippen LogP contribution < -0.4 is 16.0 Å². The molecule has 0 bridgehead atoms. The second-order valence-corrected chi connectivity index (χ2v) is 14.2. The van der Waals surface area contributed by atoms with Gasteiger partial charge in [0.2, 0.25) is 17.7 Å². The van der Waals surface area contributed by atoms with Crippen LogP contribution in [0, 0.1) is 11.3 Å². The van der Waals surface area contributed by atoms with Crippen LogP contribution in [0.3, 0.4) is 0 Å². The van der Waals surface area contributed by atoms with Crippen LogP contribution in [0.25, 0.3) is 10.2 Å². The first-order valence-electron chi connectivity index (χ1n) is 16.5. The van der Waals surface area contributed by atoms with Crippen LogP contribution in [-0.4, -0.2) is 92.3 Å². The lowest BCUT2D eigenvalue weighted by molar-refractivity contribution is -0.129. The highest BCUT2D eigenvalue weighted by molar-refractivity contribution is 7.18. The summed E-state index contributed by atoms with van der Waals surface area (Å²) in [4.78, 5) is 46.6. The van der Waals surface area contributed by atoms with Crippen LogP contribution in [0.15, 0.2) is 30.4 Å². The number of morpholine rings is 1. The fraction of sp³-hybridized carbons (Fsp3) is 0.647. The molecule has 2 saturated heterocycles. The molecule has 1 aliphatic carbocycles. The van der Waals surface area contributed by atoms with Gasteiger partial charge in [-0.05, 0) is 55.2 Å². The molecule has 45 heavy (non-hydrogen) atoms. The number of nitrogens with one attached hydrogen (secondary N) is 3. The van der Waals surface area contributed by atoms with Gasteiger partial charge in [0, 0.05) is 69.3 Å². The number of amides is 3. The number of benzene rings is 1. The van der Waals surface area contributed by atoms with Crippen molar-refractivity contribution < 1.29 is 23.9 Å². The number of rotatable bonds is 14. The molecule has 0 spiro atoms. The van der Waals surface area contributed by atoms with E-state index in [-0.39, 0.29) is 29.2 Å². The minimum Gasteiger partial charge on any atom is -0.381 e. The van der Waals surface area contributed by atoms with Gasteiger partial charge in [0.15, 0.2) is 0 Å². The van der Waals surface area contributed by atoms with Gasteiger partial charge in [0.05, 0.1) is 28.4 Å². The summed E-state index contributed by atoms with van der Waals surface area (Å²) in [6, 6.07) is 5.47. The van der Waals surface area contributed by atoms with E-state index in [4.69, 9.17) is 14.5 Å². The molecule has 3 fully saturated rings. The van der Waals surface area contributed by atoms with E-state index < -0.39 is 6.04 Å². The van der Waals surface area contributed by atoms with Crippen LogP contribution in [0.1, 0.15) is 69.4 Å². The van der Waals surface area contributed by atoms with E-state index in [1.54, 1.807) is 11.3 Å². The quantitative estimate of drug-likeness (QED) is 0.271. The lowest BCUT2D eigenvalue weighted by Gasteiger charge is -2.32. The lowest BCUT2D eigenvalue weighted by Crippen LogP contribution is -2.50. The van der Waals surface area contributed by atoms with Crippen LogP contribution in [-0.2, 0) is 30.3 Å². The van der Waals surface area contributed by atoms with E-state index in [1.807, 2.05) is 13.0 Å². The average Bonchev–Trinajstić information content (AvgIpc) is 3.58. The van der Waals surface area contributed by atoms with Gasteiger partial charge in [-0.3, -0.25) is 19.3 Å². The molecular weight excluding hydrogens is 590 g/mol. The molecule has 1 saturated carbocycles. The van der Waals surface area contributed by atoms with Crippen LogP contribution in [0.5, 0.6) is 0 Å². The molecule has 3 N–H and O–H groups in total. The summed E-state index contributed by atoms with van der Waals surface area (Å²) in [6.07, 6.45) is 3.93. The van der Waals surface area contributed by atoms with E-state index in [0.29, 0.717) is 76.2 Å². The minimum atomic E-state index is -0.731. The largest absolute Gasteiger partial charge is 0.381 e. The Morgan fingerprint density at radius 3 is 2.58 bits per heavy atom. The second-order valence-electron chi connectivity index (χ2n) is 13.1. The summed E-state index contributed by atoms with van der Waals surface area (Å²) in [5.41, 5.74) is 2.44. The van der Waals surface area contributed by atoms with E-state index in [1.165, 1.54) is 5.56 Å². The third-order valence-electron chi connectivity index (χ3n) is 9.52. The molecule has 3 aliphatic rings. The van der Waals surface area contributed by atoms with E-state index in [9.17, 15) is 14.4 Å². The van der Waals surface area contributed by atoms with Gasteiger partial charge in [0.25, 0.3) is 0 Å². The molecule has 246 valence electrons. The fourth-order valence-corrected chi connectivity index (χ4v) is 7.70. The van der Waals surface area contributed by atoms with E-state index >= 15 is 0 Å². The molecule has 2 aromatic rings. The number of nitrogens with zero attached hydrogens (tertiary/aromatic N) is 2. The molecule has 5 rings (SSSR count). The van der Waals surface area contributed by atoms with Gasteiger partial charge in [0.1, 0.15) is 6.04 Å². The highest BCUT2D eigenvalue weighted by atomic mass is 32.1. The predicted octanol–water partition coefficient (Wildman–Crippen LogP) is 3.55. The van der Waals surface area contributed by atoms with Crippen molar-refractivity contribution in [3.05, 3.63) is 40.9 Å². The number of fused-ring (bicyclic) bond motifs is 1. The number of ether oxygens (including phenoxy) is 2. The van der Waals surface area contributed by atoms with Gasteiger partial charge >= 0.3 is 0 Å². The zero-order chi connectivity index (χ0) is 32.0. The first-order valence-corrected chi connectivity index (χ1v) is 17.3. The highest BCUT2D eigenvalue weighted by Crippen LogP contribution is 2.55. The zero-order valence-electron chi connectivity index (χ0n) is 27.0. The van der Waals surface area contributed by atoms with Crippen LogP contribution >= 0.6 is 11.3 Å². The van der Waals surface area contributed by atoms with Gasteiger partial charge in [-0.25, -0.2) is 4.98 Å². The zero-order valence-corrected chi connectivity index (χ0v) is 27.8. The molecule has 1 aromatic carbocycles. The van der Waals surface area contributed by atoms with Gasteiger partial charge in [-0.15, -0.1) is 11.3 Å². The maximum atomic E-state index is 13.8. The number of carbonyl (C=O) groups excluding carboxylic acids is 3. The Kier molecular flexibility index (Phi) is 11.3. The summed E-state index contributed by atoms with van der Waals surface area (Å²) in [5, 5.41) is 10.2. The minimum absolute atomic E-state index is 0.101. The van der Waals surface area contributed by atoms with E-state index in [2.05, 4.69) is 53.4 Å². The molecule has 11 heteroatoms. The Morgan fingerprint density at radius 1 is 1.13 bits per heavy atom. The summed E-state index contributed by atoms with van der Waals surface area (Å²) < 4.78 is 12.2. The number of hydrogen-bond acceptors (Lipinski definition) is 8. The third kappa shape index (κ3) is 8.49. The van der Waals surface area contributed by atoms with Crippen LogP contribution in [0.2, 0.25) is 0 Å². The predicted molar refractivity (Wildman–Crippen MR) is 176 cm³/mol. The number of thiazole rings is 1. The van der Waals surface area contributed by atoms with Crippen molar-refractivity contribution >= 4 is 39.3 Å². The third-order valence-corrected chi connectivity index (χ3v) is 10.6. The Balaban J connectivity index is 1.26. The summed E-state index contributed by atoms with van der Waals surface area (Å²) in [6.45, 7) is 15.6. The first-order chi connectivity index (χ1) is 21.7. The molecule has 3 amide bonds. The topological polar surface area (TPSA) is 122 Å². The summed E-state index contributed by atoms with van der Waals surface area (Å²) >= 11 is 1.58. The van der Waals surface area contributed by atoms with Crippen molar-refractivity contribution in [1.29, 1.82) is 0 Å². The summed E-state index contributed by atoms with van der Waals surface area (Å²) in [7, 11) is 0. The Labute approximate surface area is 270 Å². The van der Waals surface area contributed by atoms with Crippen molar-refractivity contribution in [2.24, 2.45) is 11.3 Å². The molecule has 1 aromatic heterocycles. The highest BCUT2D eigenvalue weighted by Gasteiger charge is 2.59. The van der Waals surface area contributed by atoms with Crippen molar-refractivity contribution in [2.45, 2.75) is 77.3 Å². The Morgan fingerprint density at radius 2 is 1.87 bits per heavy atom. The molecule has 2 aliphatic heterocycles. The molecule has 2 unspecified atom stereocenters. The normalized spacial score (nSPS) is 23.1. The standard InChI is InChI=1S/C34H49N5O5S/c1-5-6-30(40)36-27(18-31-37-26-8-7-24(22(2)3)17-28(26)45-31)33(42)38-29-19-34(29,25-9-13-43-14-10-25)21-35-32(41)23(4)20-39-11-15-44-16-12-39/h7-8,17,22,25,27,29H,4-6,9-16,18-21H2,1-3H3,(H,35,41)(H,36,40)(H,38,42)/t27-,29?,34?/m0/s1.